The number of ether oxygens (including phenoxy) is 2. The number of carbonyl (C=O) groups is 1. The van der Waals surface area contributed by atoms with E-state index in [-0.39, 0.29) is 17.9 Å². The number of rotatable bonds is 6. The summed E-state index contributed by atoms with van der Waals surface area (Å²) in [5, 5.41) is 2.81. The van der Waals surface area contributed by atoms with Crippen LogP contribution >= 0.6 is 0 Å². The maximum absolute atomic E-state index is 13.7. The fourth-order valence-corrected chi connectivity index (χ4v) is 1.99. The molecule has 0 aromatic heterocycles. The Morgan fingerprint density at radius 2 is 2.00 bits per heavy atom. The summed E-state index contributed by atoms with van der Waals surface area (Å²) in [6.07, 6.45) is 1.44. The average Bonchev–Trinajstić information content (AvgIpc) is 2.57. The summed E-state index contributed by atoms with van der Waals surface area (Å²) in [5.74, 6) is -0.286. The molecule has 0 radical (unpaired) electrons. The van der Waals surface area contributed by atoms with Crippen LogP contribution in [0.3, 0.4) is 0 Å². The summed E-state index contributed by atoms with van der Waals surface area (Å²) >= 11 is 0. The van der Waals surface area contributed by atoms with Crippen LogP contribution in [0, 0.1) is 5.82 Å². The van der Waals surface area contributed by atoms with Crippen molar-refractivity contribution in [3.8, 4) is 5.75 Å². The number of carbonyl (C=O) groups excluding carboxylic acids is 1. The molecule has 1 N–H and O–H groups in total. The van der Waals surface area contributed by atoms with E-state index in [9.17, 15) is 9.18 Å². The molecule has 0 amide bonds. The second-order valence-electron chi connectivity index (χ2n) is 4.63. The molecule has 0 aliphatic heterocycles. The number of anilines is 1. The smallest absolute Gasteiger partial charge is 0.340 e. The number of hydrogen-bond donors (Lipinski definition) is 1. The summed E-state index contributed by atoms with van der Waals surface area (Å²) in [6.45, 7) is 1.98. The van der Waals surface area contributed by atoms with E-state index in [0.29, 0.717) is 11.3 Å². The third-order valence-electron chi connectivity index (χ3n) is 3.12. The van der Waals surface area contributed by atoms with Crippen molar-refractivity contribution in [2.45, 2.75) is 6.92 Å². The molecule has 5 heteroatoms. The Bertz CT molecular complexity index is 713. The van der Waals surface area contributed by atoms with Crippen LogP contribution in [0.4, 0.5) is 10.1 Å². The van der Waals surface area contributed by atoms with Gasteiger partial charge in [0.1, 0.15) is 11.6 Å². The monoisotopic (exact) mass is 315 g/mol. The van der Waals surface area contributed by atoms with Crippen LogP contribution in [0.25, 0.3) is 5.57 Å². The zero-order chi connectivity index (χ0) is 16.7. The molecular weight excluding hydrogens is 297 g/mol. The number of benzene rings is 2. The quantitative estimate of drug-likeness (QED) is 0.650. The van der Waals surface area contributed by atoms with Crippen LogP contribution in [-0.2, 0) is 9.53 Å². The predicted molar refractivity (Wildman–Crippen MR) is 87.6 cm³/mol. The van der Waals surface area contributed by atoms with E-state index in [1.807, 2.05) is 0 Å². The van der Waals surface area contributed by atoms with Crippen molar-refractivity contribution in [3.05, 3.63) is 66.1 Å². The Morgan fingerprint density at radius 1 is 1.22 bits per heavy atom. The first-order chi connectivity index (χ1) is 11.2. The number of hydrogen-bond acceptors (Lipinski definition) is 4. The maximum atomic E-state index is 13.7. The average molecular weight is 315 g/mol. The third kappa shape index (κ3) is 4.32. The minimum atomic E-state index is -0.496. The largest absolute Gasteiger partial charge is 0.497 e. The second-order valence-corrected chi connectivity index (χ2v) is 4.63. The van der Waals surface area contributed by atoms with Gasteiger partial charge in [0.05, 0.1) is 25.0 Å². The fraction of sp³-hybridized carbons (Fsp3) is 0.167. The maximum Gasteiger partial charge on any atom is 0.340 e. The highest BCUT2D eigenvalue weighted by molar-refractivity contribution is 6.16. The third-order valence-corrected chi connectivity index (χ3v) is 3.12. The first-order valence-corrected chi connectivity index (χ1v) is 7.18. The number of nitrogens with one attached hydrogen (secondary N) is 1. The van der Waals surface area contributed by atoms with Crippen molar-refractivity contribution in [1.82, 2.24) is 0 Å². The van der Waals surface area contributed by atoms with Gasteiger partial charge in [0.15, 0.2) is 0 Å². The van der Waals surface area contributed by atoms with E-state index in [2.05, 4.69) is 5.32 Å². The summed E-state index contributed by atoms with van der Waals surface area (Å²) in [4.78, 5) is 12.2. The van der Waals surface area contributed by atoms with Crippen molar-refractivity contribution in [2.75, 3.05) is 19.0 Å². The molecule has 0 bridgehead atoms. The normalized spacial score (nSPS) is 11.0. The molecule has 4 nitrogen and oxygen atoms in total. The van der Waals surface area contributed by atoms with Gasteiger partial charge in [0.2, 0.25) is 0 Å². The minimum Gasteiger partial charge on any atom is -0.497 e. The molecule has 0 saturated heterocycles. The molecule has 0 heterocycles. The summed E-state index contributed by atoms with van der Waals surface area (Å²) in [6, 6.07) is 13.2. The Morgan fingerprint density at radius 3 is 2.70 bits per heavy atom. The van der Waals surface area contributed by atoms with Gasteiger partial charge < -0.3 is 14.8 Å². The van der Waals surface area contributed by atoms with E-state index in [0.717, 1.165) is 0 Å². The van der Waals surface area contributed by atoms with Crippen molar-refractivity contribution >= 4 is 17.2 Å². The minimum absolute atomic E-state index is 0.250. The topological polar surface area (TPSA) is 47.6 Å². The SMILES string of the molecule is CCOC(=O)/C(=C/Nc1ccccc1F)c1cccc(OC)c1. The first kappa shape index (κ1) is 16.5. The fourth-order valence-electron chi connectivity index (χ4n) is 1.99. The van der Waals surface area contributed by atoms with Gasteiger partial charge in [-0.05, 0) is 36.8 Å². The molecule has 0 aliphatic carbocycles. The lowest BCUT2D eigenvalue weighted by Gasteiger charge is -2.10. The number of para-hydroxylation sites is 1. The Labute approximate surface area is 134 Å². The zero-order valence-corrected chi connectivity index (χ0v) is 13.0. The Balaban J connectivity index is 2.35. The number of methoxy groups -OCH3 is 1. The standard InChI is InChI=1S/C18H18FNO3/c1-3-23-18(21)15(13-7-6-8-14(11-13)22-2)12-20-17-10-5-4-9-16(17)19/h4-12,20H,3H2,1-2H3/b15-12+. The lowest BCUT2D eigenvalue weighted by Crippen LogP contribution is -2.09. The highest BCUT2D eigenvalue weighted by Crippen LogP contribution is 2.22. The highest BCUT2D eigenvalue weighted by Gasteiger charge is 2.14. The number of halogens is 1. The van der Waals surface area contributed by atoms with E-state index in [4.69, 9.17) is 9.47 Å². The zero-order valence-electron chi connectivity index (χ0n) is 13.0. The molecule has 0 atom stereocenters. The van der Waals surface area contributed by atoms with Crippen LogP contribution in [0.5, 0.6) is 5.75 Å². The molecule has 23 heavy (non-hydrogen) atoms. The van der Waals surface area contributed by atoms with Crippen molar-refractivity contribution in [2.24, 2.45) is 0 Å². The molecule has 120 valence electrons. The van der Waals surface area contributed by atoms with Crippen LogP contribution in [0.1, 0.15) is 12.5 Å². The molecule has 2 aromatic rings. The van der Waals surface area contributed by atoms with Gasteiger partial charge in [-0.25, -0.2) is 9.18 Å². The lowest BCUT2D eigenvalue weighted by molar-refractivity contribution is -0.136. The molecule has 2 aromatic carbocycles. The van der Waals surface area contributed by atoms with E-state index < -0.39 is 11.8 Å². The molecule has 0 fully saturated rings. The molecule has 0 aliphatic rings. The molecule has 0 saturated carbocycles. The second kappa shape index (κ2) is 7.98. The van der Waals surface area contributed by atoms with Crippen LogP contribution in [0.15, 0.2) is 54.7 Å². The van der Waals surface area contributed by atoms with Crippen LogP contribution in [-0.4, -0.2) is 19.7 Å². The van der Waals surface area contributed by atoms with Crippen LogP contribution in [0.2, 0.25) is 0 Å². The van der Waals surface area contributed by atoms with Crippen LogP contribution < -0.4 is 10.1 Å². The molecule has 0 spiro atoms. The van der Waals surface area contributed by atoms with Gasteiger partial charge in [-0.1, -0.05) is 24.3 Å². The lowest BCUT2D eigenvalue weighted by atomic mass is 10.1. The molecule has 2 rings (SSSR count). The van der Waals surface area contributed by atoms with Gasteiger partial charge in [-0.3, -0.25) is 0 Å². The summed E-state index contributed by atoms with van der Waals surface area (Å²) in [7, 11) is 1.55. The number of esters is 1. The molecular formula is C18H18FNO3. The summed E-state index contributed by atoms with van der Waals surface area (Å²) < 4.78 is 23.9. The van der Waals surface area contributed by atoms with Gasteiger partial charge in [0.25, 0.3) is 0 Å². The Hall–Kier alpha value is -2.82. The van der Waals surface area contributed by atoms with Crippen molar-refractivity contribution in [3.63, 3.8) is 0 Å². The van der Waals surface area contributed by atoms with Crippen molar-refractivity contribution < 1.29 is 18.7 Å². The van der Waals surface area contributed by atoms with Gasteiger partial charge >= 0.3 is 5.97 Å². The van der Waals surface area contributed by atoms with Gasteiger partial charge in [0, 0.05) is 6.20 Å². The molecule has 0 unspecified atom stereocenters. The first-order valence-electron chi connectivity index (χ1n) is 7.18. The predicted octanol–water partition coefficient (Wildman–Crippen LogP) is 3.85. The van der Waals surface area contributed by atoms with E-state index >= 15 is 0 Å². The highest BCUT2D eigenvalue weighted by atomic mass is 19.1. The van der Waals surface area contributed by atoms with Gasteiger partial charge in [-0.2, -0.15) is 0 Å². The van der Waals surface area contributed by atoms with Gasteiger partial charge in [-0.15, -0.1) is 0 Å². The van der Waals surface area contributed by atoms with E-state index in [1.54, 1.807) is 56.5 Å². The summed E-state index contributed by atoms with van der Waals surface area (Å²) in [5.41, 5.74) is 1.18. The Kier molecular flexibility index (Phi) is 5.74. The van der Waals surface area contributed by atoms with E-state index in [1.165, 1.54) is 12.3 Å². The van der Waals surface area contributed by atoms with Crippen molar-refractivity contribution in [1.29, 1.82) is 0 Å².